The molecular weight excluding hydrogens is 460 g/mol. The van der Waals surface area contributed by atoms with E-state index in [4.69, 9.17) is 10.2 Å². The number of carbonyl (C=O) groups excluding carboxylic acids is 1. The van der Waals surface area contributed by atoms with E-state index in [9.17, 15) is 14.4 Å². The van der Waals surface area contributed by atoms with Crippen molar-refractivity contribution in [3.8, 4) is 5.69 Å². The number of nitrogens with zero attached hydrogens (tertiary/aromatic N) is 4. The van der Waals surface area contributed by atoms with E-state index in [0.717, 1.165) is 16.9 Å². The molecule has 1 aliphatic rings. The molecule has 1 amide bonds. The largest absolute Gasteiger partial charge is 0.478 e. The second-order valence-electron chi connectivity index (χ2n) is 7.95. The molecule has 2 N–H and O–H groups in total. The molecule has 3 aromatic rings. The maximum Gasteiger partial charge on any atom is 0.335 e. The number of aryl methyl sites for hydroxylation is 1. The molecule has 0 spiro atoms. The molecule has 0 fully saturated rings. The summed E-state index contributed by atoms with van der Waals surface area (Å²) in [6, 6.07) is 12.4. The first kappa shape index (κ1) is 24.1. The fourth-order valence-corrected chi connectivity index (χ4v) is 3.53. The van der Waals surface area contributed by atoms with Crippen LogP contribution in [0.4, 0.5) is 5.69 Å². The monoisotopic (exact) mass is 482 g/mol. The predicted molar refractivity (Wildman–Crippen MR) is 136 cm³/mol. The minimum atomic E-state index is -1.04. The van der Waals surface area contributed by atoms with Crippen molar-refractivity contribution in [3.05, 3.63) is 107 Å². The molecule has 1 aromatic heterocycles. The Morgan fingerprint density at radius 1 is 0.833 bits per heavy atom. The van der Waals surface area contributed by atoms with Gasteiger partial charge < -0.3 is 10.2 Å². The van der Waals surface area contributed by atoms with E-state index in [1.54, 1.807) is 54.1 Å². The molecule has 9 heteroatoms. The molecule has 2 heterocycles. The number of benzene rings is 2. The van der Waals surface area contributed by atoms with Gasteiger partial charge in [0.2, 0.25) is 0 Å². The molecule has 180 valence electrons. The number of rotatable bonds is 7. The van der Waals surface area contributed by atoms with Crippen molar-refractivity contribution in [2.24, 2.45) is 5.10 Å². The molecule has 0 saturated carbocycles. The van der Waals surface area contributed by atoms with Crippen molar-refractivity contribution >= 4 is 35.3 Å². The minimum Gasteiger partial charge on any atom is -0.478 e. The quantitative estimate of drug-likeness (QED) is 0.377. The highest BCUT2D eigenvalue weighted by atomic mass is 16.4. The number of amides is 1. The van der Waals surface area contributed by atoms with Gasteiger partial charge in [-0.2, -0.15) is 15.2 Å². The number of anilines is 1. The van der Waals surface area contributed by atoms with Crippen LogP contribution in [0.1, 0.15) is 38.9 Å². The third kappa shape index (κ3) is 5.05. The van der Waals surface area contributed by atoms with Crippen molar-refractivity contribution in [1.82, 2.24) is 9.78 Å². The zero-order valence-electron chi connectivity index (χ0n) is 19.5. The standard InChI is InChI=1S/C27H22N4O5/c1-17-21(16-30(28-17)22-12-8-19(9-13-22)26(33)34)6-4-3-5-7-24-18(2)29-31(25(24)32)23-14-10-20(11-15-23)27(35)36/h3-16H,1-2H3,(H,33,34)(H,35,36)/b5-3+,6-4+,24-7-. The van der Waals surface area contributed by atoms with Gasteiger partial charge in [0, 0.05) is 11.8 Å². The van der Waals surface area contributed by atoms with Crippen LogP contribution in [-0.2, 0) is 4.79 Å². The summed E-state index contributed by atoms with van der Waals surface area (Å²) in [5.74, 6) is -2.31. The maximum absolute atomic E-state index is 12.8. The van der Waals surface area contributed by atoms with Crippen LogP contribution in [0.2, 0.25) is 0 Å². The highest BCUT2D eigenvalue weighted by Gasteiger charge is 2.28. The molecule has 1 aliphatic heterocycles. The minimum absolute atomic E-state index is 0.133. The molecule has 9 nitrogen and oxygen atoms in total. The smallest absolute Gasteiger partial charge is 0.335 e. The van der Waals surface area contributed by atoms with Gasteiger partial charge in [-0.05, 0) is 68.5 Å². The van der Waals surface area contributed by atoms with Crippen molar-refractivity contribution < 1.29 is 24.6 Å². The van der Waals surface area contributed by atoms with E-state index in [2.05, 4.69) is 10.2 Å². The van der Waals surface area contributed by atoms with Crippen molar-refractivity contribution in [3.63, 3.8) is 0 Å². The van der Waals surface area contributed by atoms with Gasteiger partial charge in [0.15, 0.2) is 0 Å². The molecule has 0 bridgehead atoms. The summed E-state index contributed by atoms with van der Waals surface area (Å²) in [5.41, 5.74) is 4.27. The number of allylic oxidation sites excluding steroid dienone is 4. The number of hydrazone groups is 1. The Bertz CT molecular complexity index is 1460. The van der Waals surface area contributed by atoms with E-state index in [-0.39, 0.29) is 17.0 Å². The van der Waals surface area contributed by atoms with Crippen molar-refractivity contribution in [2.75, 3.05) is 5.01 Å². The Morgan fingerprint density at radius 3 is 2.00 bits per heavy atom. The first-order valence-corrected chi connectivity index (χ1v) is 10.9. The number of carboxylic acid groups (broad SMARTS) is 2. The lowest BCUT2D eigenvalue weighted by Gasteiger charge is -2.11. The summed E-state index contributed by atoms with van der Waals surface area (Å²) in [4.78, 5) is 34.8. The first-order chi connectivity index (χ1) is 17.2. The average molecular weight is 482 g/mol. The highest BCUT2D eigenvalue weighted by Crippen LogP contribution is 2.24. The summed E-state index contributed by atoms with van der Waals surface area (Å²) in [5, 5.41) is 28.1. The van der Waals surface area contributed by atoms with E-state index in [1.807, 2.05) is 25.3 Å². The summed E-state index contributed by atoms with van der Waals surface area (Å²) >= 11 is 0. The fraction of sp³-hybridized carbons (Fsp3) is 0.0741. The number of carbonyl (C=O) groups is 3. The predicted octanol–water partition coefficient (Wildman–Crippen LogP) is 4.50. The maximum atomic E-state index is 12.8. The second-order valence-corrected chi connectivity index (χ2v) is 7.95. The van der Waals surface area contributed by atoms with E-state index in [0.29, 0.717) is 17.0 Å². The Labute approximate surface area is 206 Å². The zero-order chi connectivity index (χ0) is 25.8. The highest BCUT2D eigenvalue weighted by molar-refractivity contribution is 6.29. The Kier molecular flexibility index (Phi) is 6.73. The van der Waals surface area contributed by atoms with Gasteiger partial charge in [0.1, 0.15) is 0 Å². The molecule has 0 saturated heterocycles. The Hall–Kier alpha value is -5.05. The topological polar surface area (TPSA) is 125 Å². The van der Waals surface area contributed by atoms with E-state index >= 15 is 0 Å². The van der Waals surface area contributed by atoms with Crippen LogP contribution < -0.4 is 5.01 Å². The molecule has 0 unspecified atom stereocenters. The molecule has 0 atom stereocenters. The Morgan fingerprint density at radius 2 is 1.42 bits per heavy atom. The zero-order valence-corrected chi connectivity index (χ0v) is 19.5. The van der Waals surface area contributed by atoms with Crippen LogP contribution in [-0.4, -0.2) is 43.6 Å². The number of carboxylic acids is 2. The third-order valence-electron chi connectivity index (χ3n) is 5.50. The van der Waals surface area contributed by atoms with Gasteiger partial charge in [0.25, 0.3) is 5.91 Å². The van der Waals surface area contributed by atoms with Crippen LogP contribution in [0.3, 0.4) is 0 Å². The number of aromatic carboxylic acids is 2. The molecule has 36 heavy (non-hydrogen) atoms. The molecule has 4 rings (SSSR count). The molecule has 0 aliphatic carbocycles. The van der Waals surface area contributed by atoms with Gasteiger partial charge in [-0.25, -0.2) is 14.3 Å². The van der Waals surface area contributed by atoms with Crippen molar-refractivity contribution in [2.45, 2.75) is 13.8 Å². The SMILES string of the molecule is CC1=NN(c2ccc(C(=O)O)cc2)C(=O)\C1=C/C=C/C=C/c1cn(-c2ccc(C(=O)O)cc2)nc1C. The first-order valence-electron chi connectivity index (χ1n) is 10.9. The lowest BCUT2D eigenvalue weighted by Crippen LogP contribution is -2.21. The number of hydrogen-bond donors (Lipinski definition) is 2. The summed E-state index contributed by atoms with van der Waals surface area (Å²) in [6.07, 6.45) is 10.8. The van der Waals surface area contributed by atoms with Gasteiger partial charge in [-0.1, -0.05) is 24.3 Å². The summed E-state index contributed by atoms with van der Waals surface area (Å²) < 4.78 is 1.68. The molecule has 2 aromatic carbocycles. The number of hydrogen-bond acceptors (Lipinski definition) is 5. The fourth-order valence-electron chi connectivity index (χ4n) is 3.53. The van der Waals surface area contributed by atoms with Gasteiger partial charge in [0.05, 0.1) is 39.5 Å². The lowest BCUT2D eigenvalue weighted by molar-refractivity contribution is -0.114. The summed E-state index contributed by atoms with van der Waals surface area (Å²) in [6.45, 7) is 3.61. The second kappa shape index (κ2) is 10.1. The van der Waals surface area contributed by atoms with E-state index < -0.39 is 11.9 Å². The van der Waals surface area contributed by atoms with Crippen molar-refractivity contribution in [1.29, 1.82) is 0 Å². The van der Waals surface area contributed by atoms with Crippen LogP contribution in [0.5, 0.6) is 0 Å². The molecular formula is C27H22N4O5. The third-order valence-corrected chi connectivity index (χ3v) is 5.50. The van der Waals surface area contributed by atoms with E-state index in [1.165, 1.54) is 29.3 Å². The van der Waals surface area contributed by atoms with Crippen LogP contribution in [0.25, 0.3) is 11.8 Å². The van der Waals surface area contributed by atoms with Crippen LogP contribution in [0.15, 0.2) is 89.7 Å². The normalized spacial score (nSPS) is 14.8. The van der Waals surface area contributed by atoms with Crippen LogP contribution >= 0.6 is 0 Å². The van der Waals surface area contributed by atoms with Gasteiger partial charge in [-0.15, -0.1) is 0 Å². The average Bonchev–Trinajstić information content (AvgIpc) is 3.37. The summed E-state index contributed by atoms with van der Waals surface area (Å²) in [7, 11) is 0. The van der Waals surface area contributed by atoms with Gasteiger partial charge >= 0.3 is 11.9 Å². The lowest BCUT2D eigenvalue weighted by atomic mass is 10.1. The Balaban J connectivity index is 1.43. The number of aromatic nitrogens is 2. The van der Waals surface area contributed by atoms with Gasteiger partial charge in [-0.3, -0.25) is 4.79 Å². The van der Waals surface area contributed by atoms with Crippen LogP contribution in [0, 0.1) is 6.92 Å². The molecule has 0 radical (unpaired) electrons.